The third kappa shape index (κ3) is 3.85. The number of benzene rings is 4. The molecule has 0 radical (unpaired) electrons. The summed E-state index contributed by atoms with van der Waals surface area (Å²) in [5, 5.41) is 0.919. The van der Waals surface area contributed by atoms with E-state index in [1.807, 2.05) is 6.92 Å². The van der Waals surface area contributed by atoms with Gasteiger partial charge < -0.3 is 9.15 Å². The molecule has 7 nitrogen and oxygen atoms in total. The minimum absolute atomic E-state index is 0.0571. The van der Waals surface area contributed by atoms with Crippen LogP contribution in [0.1, 0.15) is 5.56 Å². The van der Waals surface area contributed by atoms with Crippen molar-refractivity contribution in [2.45, 2.75) is 11.8 Å². The third-order valence-corrected chi connectivity index (χ3v) is 7.68. The summed E-state index contributed by atoms with van der Waals surface area (Å²) in [4.78, 5) is 24.8. The Hall–Kier alpha value is -3.95. The largest absolute Gasteiger partial charge is 0.434 e. The van der Waals surface area contributed by atoms with Gasteiger partial charge in [0.05, 0.1) is 15.3 Å². The number of carbonyl (C=O) groups is 1. The van der Waals surface area contributed by atoms with Gasteiger partial charge in [-0.2, -0.15) is 4.31 Å². The average Bonchev–Trinajstić information content (AvgIpc) is 3.20. The standard InChI is InChI=1S/C25H17NO6S2/c1-16-11-13-18(14-12-16)34(29,30)26(24(27)31-17-7-3-2-4-8-17)21-15-22-23(32-25(28)33-22)20-10-6-5-9-19(20)21/h2-15H,1H3. The Morgan fingerprint density at radius 1 is 0.912 bits per heavy atom. The van der Waals surface area contributed by atoms with E-state index in [9.17, 15) is 18.0 Å². The molecule has 9 heteroatoms. The first-order valence-electron chi connectivity index (χ1n) is 10.2. The molecule has 0 aliphatic heterocycles. The van der Waals surface area contributed by atoms with Gasteiger partial charge in [0.15, 0.2) is 5.58 Å². The van der Waals surface area contributed by atoms with E-state index in [1.54, 1.807) is 66.7 Å². The maximum Gasteiger partial charge on any atom is 0.434 e. The van der Waals surface area contributed by atoms with Crippen LogP contribution < -0.4 is 14.0 Å². The number of carbonyl (C=O) groups excluding carboxylic acids is 1. The molecule has 0 aliphatic carbocycles. The monoisotopic (exact) mass is 491 g/mol. The molecule has 0 spiro atoms. The van der Waals surface area contributed by atoms with Gasteiger partial charge in [0.25, 0.3) is 10.0 Å². The maximum atomic E-state index is 13.8. The number of para-hydroxylation sites is 1. The molecule has 1 amide bonds. The van der Waals surface area contributed by atoms with Crippen LogP contribution >= 0.6 is 11.3 Å². The molecular weight excluding hydrogens is 474 g/mol. The van der Waals surface area contributed by atoms with Crippen molar-refractivity contribution in [3.8, 4) is 5.75 Å². The number of anilines is 1. The Morgan fingerprint density at radius 2 is 1.56 bits per heavy atom. The fraction of sp³-hybridized carbons (Fsp3) is 0.0400. The molecule has 0 N–H and O–H groups in total. The van der Waals surface area contributed by atoms with Gasteiger partial charge in [-0.05, 0) is 37.3 Å². The zero-order chi connectivity index (χ0) is 23.9. The van der Waals surface area contributed by atoms with Gasteiger partial charge >= 0.3 is 11.0 Å². The molecule has 34 heavy (non-hydrogen) atoms. The number of hydrogen-bond acceptors (Lipinski definition) is 7. The number of aryl methyl sites for hydroxylation is 1. The maximum absolute atomic E-state index is 13.8. The summed E-state index contributed by atoms with van der Waals surface area (Å²) in [7, 11) is -4.39. The van der Waals surface area contributed by atoms with Crippen molar-refractivity contribution < 1.29 is 22.4 Å². The molecule has 5 rings (SSSR count). The number of ether oxygens (including phenoxy) is 1. The predicted octanol–water partition coefficient (Wildman–Crippen LogP) is 5.71. The Bertz CT molecular complexity index is 1690. The lowest BCUT2D eigenvalue weighted by atomic mass is 10.1. The lowest BCUT2D eigenvalue weighted by Crippen LogP contribution is -2.39. The van der Waals surface area contributed by atoms with E-state index in [1.165, 1.54) is 18.2 Å². The van der Waals surface area contributed by atoms with Crippen LogP contribution in [0.25, 0.3) is 21.1 Å². The van der Waals surface area contributed by atoms with E-state index in [4.69, 9.17) is 9.15 Å². The smallest absolute Gasteiger partial charge is 0.413 e. The molecule has 0 bridgehead atoms. The van der Waals surface area contributed by atoms with Crippen LogP contribution in [-0.2, 0) is 10.0 Å². The molecule has 0 saturated heterocycles. The summed E-state index contributed by atoms with van der Waals surface area (Å²) in [5.41, 5.74) is 1.26. The van der Waals surface area contributed by atoms with Crippen LogP contribution in [0.2, 0.25) is 0 Å². The number of hydrogen-bond donors (Lipinski definition) is 0. The highest BCUT2D eigenvalue weighted by atomic mass is 32.2. The minimum atomic E-state index is -4.39. The topological polar surface area (TPSA) is 93.9 Å². The average molecular weight is 492 g/mol. The highest BCUT2D eigenvalue weighted by Crippen LogP contribution is 2.38. The minimum Gasteiger partial charge on any atom is -0.413 e. The number of sulfonamides is 1. The second-order valence-electron chi connectivity index (χ2n) is 7.49. The molecule has 5 aromatic rings. The fourth-order valence-electron chi connectivity index (χ4n) is 3.62. The Kier molecular flexibility index (Phi) is 5.43. The second kappa shape index (κ2) is 8.44. The van der Waals surface area contributed by atoms with Crippen LogP contribution in [0.5, 0.6) is 5.75 Å². The molecule has 0 aliphatic rings. The Balaban J connectivity index is 1.77. The summed E-state index contributed by atoms with van der Waals surface area (Å²) >= 11 is 0.827. The number of fused-ring (bicyclic) bond motifs is 3. The van der Waals surface area contributed by atoms with E-state index in [0.717, 1.165) is 16.9 Å². The fourth-order valence-corrected chi connectivity index (χ4v) is 5.67. The predicted molar refractivity (Wildman–Crippen MR) is 131 cm³/mol. The van der Waals surface area contributed by atoms with Crippen LogP contribution in [0.3, 0.4) is 0 Å². The number of rotatable bonds is 4. The molecule has 0 saturated carbocycles. The molecule has 170 valence electrons. The van der Waals surface area contributed by atoms with Crippen molar-refractivity contribution in [3.05, 3.63) is 100 Å². The van der Waals surface area contributed by atoms with E-state index < -0.39 is 21.1 Å². The first-order chi connectivity index (χ1) is 16.3. The Morgan fingerprint density at radius 3 is 2.26 bits per heavy atom. The summed E-state index contributed by atoms with van der Waals surface area (Å²) in [6.45, 7) is 1.83. The van der Waals surface area contributed by atoms with Crippen molar-refractivity contribution in [1.82, 2.24) is 0 Å². The summed E-state index contributed by atoms with van der Waals surface area (Å²) in [6.07, 6.45) is -1.10. The van der Waals surface area contributed by atoms with Crippen LogP contribution in [0.15, 0.2) is 99.0 Å². The van der Waals surface area contributed by atoms with Gasteiger partial charge in [-0.15, -0.1) is 0 Å². The van der Waals surface area contributed by atoms with Gasteiger partial charge in [0.1, 0.15) is 5.75 Å². The summed E-state index contributed by atoms with van der Waals surface area (Å²) in [6, 6.07) is 22.7. The van der Waals surface area contributed by atoms with Crippen LogP contribution in [0, 0.1) is 6.92 Å². The normalized spacial score (nSPS) is 11.6. The second-order valence-corrected chi connectivity index (χ2v) is 10.3. The highest BCUT2D eigenvalue weighted by Gasteiger charge is 2.35. The van der Waals surface area contributed by atoms with Crippen LogP contribution in [0.4, 0.5) is 10.5 Å². The van der Waals surface area contributed by atoms with Gasteiger partial charge in [-0.25, -0.2) is 18.0 Å². The SMILES string of the molecule is Cc1ccc(S(=O)(=O)N(C(=O)Oc2ccccc2)c2cc3sc(=O)oc3c3ccccc23)cc1. The van der Waals surface area contributed by atoms with Crippen LogP contribution in [-0.4, -0.2) is 14.5 Å². The van der Waals surface area contributed by atoms with Gasteiger partial charge in [-0.3, -0.25) is 0 Å². The van der Waals surface area contributed by atoms with Crippen molar-refractivity contribution in [1.29, 1.82) is 0 Å². The van der Waals surface area contributed by atoms with Crippen molar-refractivity contribution in [2.24, 2.45) is 0 Å². The molecule has 0 fully saturated rings. The Labute approximate surface area is 198 Å². The lowest BCUT2D eigenvalue weighted by molar-refractivity contribution is 0.211. The molecule has 0 unspecified atom stereocenters. The molecule has 0 atom stereocenters. The molecule has 4 aromatic carbocycles. The van der Waals surface area contributed by atoms with Crippen molar-refractivity contribution in [2.75, 3.05) is 4.31 Å². The first-order valence-corrected chi connectivity index (χ1v) is 12.4. The highest BCUT2D eigenvalue weighted by molar-refractivity contribution is 7.93. The third-order valence-electron chi connectivity index (χ3n) is 5.21. The molecule has 1 heterocycles. The number of nitrogens with zero attached hydrogens (tertiary/aromatic N) is 1. The summed E-state index contributed by atoms with van der Waals surface area (Å²) in [5.74, 6) is 0.190. The summed E-state index contributed by atoms with van der Waals surface area (Å²) < 4.78 is 39.4. The van der Waals surface area contributed by atoms with E-state index in [2.05, 4.69) is 0 Å². The molecule has 1 aromatic heterocycles. The van der Waals surface area contributed by atoms with Gasteiger partial charge in [-0.1, -0.05) is 71.5 Å². The number of amides is 1. The van der Waals surface area contributed by atoms with Crippen molar-refractivity contribution >= 4 is 54.2 Å². The van der Waals surface area contributed by atoms with Gasteiger partial charge in [0, 0.05) is 10.8 Å². The van der Waals surface area contributed by atoms with E-state index in [0.29, 0.717) is 25.4 Å². The van der Waals surface area contributed by atoms with E-state index >= 15 is 0 Å². The quantitative estimate of drug-likeness (QED) is 0.320. The van der Waals surface area contributed by atoms with Gasteiger partial charge in [0.2, 0.25) is 0 Å². The van der Waals surface area contributed by atoms with Crippen molar-refractivity contribution in [3.63, 3.8) is 0 Å². The van der Waals surface area contributed by atoms with E-state index in [-0.39, 0.29) is 16.3 Å². The zero-order valence-corrected chi connectivity index (χ0v) is 19.4. The zero-order valence-electron chi connectivity index (χ0n) is 17.8. The first kappa shape index (κ1) is 21.9. The molecular formula is C25H17NO6S2. The lowest BCUT2D eigenvalue weighted by Gasteiger charge is -2.23.